The van der Waals surface area contributed by atoms with Crippen molar-refractivity contribution in [3.63, 3.8) is 0 Å². The SMILES string of the molecule is C=CC1CC1(CCC1(CNC(=C)C(C)NCC(NCC2CCCCN2C(C)C)C(C)(C)C)C(C)(C)C12CCC2)C(=S)NC.CCCC(C)CCC.CCCCCC.CCN. The number of nitrogens with one attached hydrogen (secondary N) is 4. The Hall–Kier alpha value is -0.990. The minimum atomic E-state index is 0.118. The van der Waals surface area contributed by atoms with E-state index in [1.807, 2.05) is 14.0 Å². The molecular weight excluding hydrogens is 753 g/mol. The maximum atomic E-state index is 5.85. The van der Waals surface area contributed by atoms with Crippen LogP contribution in [0.4, 0.5) is 0 Å². The van der Waals surface area contributed by atoms with Crippen LogP contribution in [-0.2, 0) is 0 Å². The zero-order valence-corrected chi connectivity index (χ0v) is 43.8. The van der Waals surface area contributed by atoms with E-state index in [0.29, 0.717) is 40.3 Å². The van der Waals surface area contributed by atoms with Gasteiger partial charge in [0.25, 0.3) is 0 Å². The molecule has 6 unspecified atom stereocenters. The van der Waals surface area contributed by atoms with Gasteiger partial charge in [-0.2, -0.15) is 0 Å². The van der Waals surface area contributed by atoms with Gasteiger partial charge >= 0.3 is 0 Å². The van der Waals surface area contributed by atoms with Gasteiger partial charge in [0.1, 0.15) is 0 Å². The summed E-state index contributed by atoms with van der Waals surface area (Å²) in [6.07, 6.45) is 24.8. The smallest absolute Gasteiger partial charge is 0.0819 e. The van der Waals surface area contributed by atoms with Gasteiger partial charge in [-0.25, -0.2) is 0 Å². The lowest BCUT2D eigenvalue weighted by atomic mass is 9.72. The van der Waals surface area contributed by atoms with Crippen LogP contribution >= 0.6 is 12.2 Å². The van der Waals surface area contributed by atoms with Crippen molar-refractivity contribution in [2.24, 2.45) is 44.6 Å². The van der Waals surface area contributed by atoms with Crippen LogP contribution in [-0.4, -0.2) is 73.8 Å². The number of likely N-dealkylation sites (tertiary alicyclic amines) is 1. The molecule has 4 rings (SSSR count). The Kier molecular flexibility index (Phi) is 26.0. The van der Waals surface area contributed by atoms with Crippen molar-refractivity contribution in [1.82, 2.24) is 26.2 Å². The van der Waals surface area contributed by atoms with Gasteiger partial charge < -0.3 is 27.0 Å². The summed E-state index contributed by atoms with van der Waals surface area (Å²) >= 11 is 5.85. The first kappa shape index (κ1) is 57.0. The zero-order valence-electron chi connectivity index (χ0n) is 42.9. The second-order valence-electron chi connectivity index (χ2n) is 21.5. The van der Waals surface area contributed by atoms with E-state index in [0.717, 1.165) is 55.6 Å². The van der Waals surface area contributed by atoms with Gasteiger partial charge in [0.2, 0.25) is 0 Å². The van der Waals surface area contributed by atoms with Crippen LogP contribution in [0.3, 0.4) is 0 Å². The molecule has 354 valence electrons. The Balaban J connectivity index is 0.000000890. The van der Waals surface area contributed by atoms with E-state index in [1.165, 1.54) is 103 Å². The van der Waals surface area contributed by atoms with Gasteiger partial charge in [0.15, 0.2) is 0 Å². The molecule has 0 amide bonds. The minimum absolute atomic E-state index is 0.118. The first-order valence-corrected chi connectivity index (χ1v) is 25.9. The Labute approximate surface area is 381 Å². The Morgan fingerprint density at radius 3 is 1.90 bits per heavy atom. The molecule has 0 aromatic heterocycles. The monoisotopic (exact) mass is 859 g/mol. The molecule has 0 aromatic rings. The quantitative estimate of drug-likeness (QED) is 0.0398. The van der Waals surface area contributed by atoms with Crippen LogP contribution < -0.4 is 27.0 Å². The van der Waals surface area contributed by atoms with Gasteiger partial charge in [0, 0.05) is 62.0 Å². The van der Waals surface area contributed by atoms with E-state index < -0.39 is 0 Å². The topological polar surface area (TPSA) is 77.4 Å². The molecule has 0 radical (unpaired) electrons. The van der Waals surface area contributed by atoms with Crippen molar-refractivity contribution in [1.29, 1.82) is 0 Å². The number of rotatable bonds is 23. The second-order valence-corrected chi connectivity index (χ2v) is 21.9. The number of hydrogen-bond acceptors (Lipinski definition) is 6. The third-order valence-electron chi connectivity index (χ3n) is 15.8. The number of thiocarbonyl (C=S) groups is 1. The Morgan fingerprint density at radius 2 is 1.48 bits per heavy atom. The molecule has 6 nitrogen and oxygen atoms in total. The predicted octanol–water partition coefficient (Wildman–Crippen LogP) is 12.8. The maximum absolute atomic E-state index is 5.85. The number of piperidine rings is 1. The highest BCUT2D eigenvalue weighted by Gasteiger charge is 2.82. The zero-order chi connectivity index (χ0) is 45.8. The number of allylic oxidation sites excluding steroid dienone is 1. The summed E-state index contributed by atoms with van der Waals surface area (Å²) in [7, 11) is 1.99. The molecule has 1 aliphatic heterocycles. The highest BCUT2D eigenvalue weighted by atomic mass is 32.1. The summed E-state index contributed by atoms with van der Waals surface area (Å²) in [6.45, 7) is 46.0. The third-order valence-corrected chi connectivity index (χ3v) is 16.4. The van der Waals surface area contributed by atoms with Gasteiger partial charge in [-0.15, -0.1) is 6.58 Å². The molecule has 3 aliphatic carbocycles. The van der Waals surface area contributed by atoms with Gasteiger partial charge in [-0.05, 0) is 112 Å². The highest BCUT2D eigenvalue weighted by molar-refractivity contribution is 7.80. The molecule has 0 bridgehead atoms. The van der Waals surface area contributed by atoms with Crippen molar-refractivity contribution in [2.75, 3.05) is 39.8 Å². The van der Waals surface area contributed by atoms with Crippen molar-refractivity contribution < 1.29 is 0 Å². The van der Waals surface area contributed by atoms with Crippen LogP contribution in [0.25, 0.3) is 0 Å². The van der Waals surface area contributed by atoms with E-state index >= 15 is 0 Å². The molecule has 4 aliphatic rings. The molecule has 6 atom stereocenters. The lowest BCUT2D eigenvalue weighted by Crippen LogP contribution is -2.55. The summed E-state index contributed by atoms with van der Waals surface area (Å²) in [6, 6.07) is 1.86. The van der Waals surface area contributed by atoms with Crippen molar-refractivity contribution in [3.05, 3.63) is 24.9 Å². The van der Waals surface area contributed by atoms with Crippen LogP contribution in [0.2, 0.25) is 0 Å². The summed E-state index contributed by atoms with van der Waals surface area (Å²) in [5, 5.41) is 15.1. The molecule has 4 fully saturated rings. The second kappa shape index (κ2) is 27.4. The number of hydrogen-bond donors (Lipinski definition) is 5. The van der Waals surface area contributed by atoms with Crippen LogP contribution in [0.15, 0.2) is 24.9 Å². The molecule has 6 N–H and O–H groups in total. The highest BCUT2D eigenvalue weighted by Crippen LogP contribution is 2.87. The van der Waals surface area contributed by atoms with E-state index in [4.69, 9.17) is 18.0 Å². The van der Waals surface area contributed by atoms with Crippen molar-refractivity contribution in [2.45, 2.75) is 230 Å². The van der Waals surface area contributed by atoms with Crippen LogP contribution in [0.5, 0.6) is 0 Å². The average molecular weight is 860 g/mol. The number of nitrogens with zero attached hydrogens (tertiary/aromatic N) is 1. The van der Waals surface area contributed by atoms with E-state index in [2.05, 4.69) is 135 Å². The number of unbranched alkanes of at least 4 members (excludes halogenated alkanes) is 3. The summed E-state index contributed by atoms with van der Waals surface area (Å²) in [4.78, 5) is 3.74. The minimum Gasteiger partial charge on any atom is -0.387 e. The summed E-state index contributed by atoms with van der Waals surface area (Å²) in [5.74, 6) is 1.48. The maximum Gasteiger partial charge on any atom is 0.0819 e. The summed E-state index contributed by atoms with van der Waals surface area (Å²) < 4.78 is 0. The molecule has 60 heavy (non-hydrogen) atoms. The molecule has 7 heteroatoms. The average Bonchev–Trinajstić information content (AvgIpc) is 4.02. The van der Waals surface area contributed by atoms with E-state index in [-0.39, 0.29) is 16.9 Å². The van der Waals surface area contributed by atoms with Crippen molar-refractivity contribution >= 4 is 17.2 Å². The fourth-order valence-electron chi connectivity index (χ4n) is 11.3. The molecule has 3 saturated carbocycles. The van der Waals surface area contributed by atoms with Crippen LogP contribution in [0.1, 0.15) is 206 Å². The first-order valence-electron chi connectivity index (χ1n) is 25.5. The molecule has 1 heterocycles. The Morgan fingerprint density at radius 1 is 0.900 bits per heavy atom. The lowest BCUT2D eigenvalue weighted by molar-refractivity contribution is 0.102. The Bertz CT molecular complexity index is 1190. The van der Waals surface area contributed by atoms with Gasteiger partial charge in [0.05, 0.1) is 4.99 Å². The number of nitrogens with two attached hydrogens (primary N) is 1. The van der Waals surface area contributed by atoms with E-state index in [1.54, 1.807) is 0 Å². The molecule has 0 aromatic carbocycles. The standard InChI is InChI=1S/C37H67N5S.C8H18.C6H14.C2H7N/c1-12-29-22-35(29,32(43)38-11)19-20-37(34(9,10)36(37)17-15-18-36)25-41-28(5)27(4)39-24-31(33(6,7)8)40-23-30-16-13-14-21-42(30)26(2)3;1-4-6-8(3)7-5-2;1-3-5-6-4-2;1-2-3/h12,26-27,29-31,39-41H,1,5,13-25H2,2-4,6-11H3,(H,38,43);8H,4-7H2,1-3H3;3-6H2,1-2H3;2-3H2,1H3. The molecular formula is C53H106N6S. The fraction of sp³-hybridized carbons (Fsp3) is 0.906. The third kappa shape index (κ3) is 15.3. The largest absolute Gasteiger partial charge is 0.387 e. The first-order chi connectivity index (χ1) is 28.3. The summed E-state index contributed by atoms with van der Waals surface area (Å²) in [5.41, 5.74) is 7.37. The van der Waals surface area contributed by atoms with Crippen molar-refractivity contribution in [3.8, 4) is 0 Å². The van der Waals surface area contributed by atoms with Crippen LogP contribution in [0, 0.1) is 38.9 Å². The van der Waals surface area contributed by atoms with Gasteiger partial charge in [-0.1, -0.05) is 165 Å². The predicted molar refractivity (Wildman–Crippen MR) is 273 cm³/mol. The molecule has 1 spiro atoms. The lowest BCUT2D eigenvalue weighted by Gasteiger charge is -2.41. The fourth-order valence-corrected chi connectivity index (χ4v) is 11.6. The van der Waals surface area contributed by atoms with E-state index in [9.17, 15) is 0 Å². The molecule has 1 saturated heterocycles. The van der Waals surface area contributed by atoms with Gasteiger partial charge in [-0.3, -0.25) is 4.90 Å². The normalized spacial score (nSPS) is 25.9.